The predicted molar refractivity (Wildman–Crippen MR) is 61.6 cm³/mol. The molecule has 15 heavy (non-hydrogen) atoms. The van der Waals surface area contributed by atoms with E-state index in [2.05, 4.69) is 0 Å². The van der Waals surface area contributed by atoms with Crippen LogP contribution in [-0.2, 0) is 0 Å². The summed E-state index contributed by atoms with van der Waals surface area (Å²) in [4.78, 5) is 11.6. The molecule has 0 unspecified atom stereocenters. The molecule has 0 aromatic heterocycles. The third-order valence-corrected chi connectivity index (χ3v) is 4.01. The summed E-state index contributed by atoms with van der Waals surface area (Å²) in [7, 11) is 0. The quantitative estimate of drug-likeness (QED) is 0.633. The van der Waals surface area contributed by atoms with Crippen molar-refractivity contribution in [1.82, 2.24) is 0 Å². The van der Waals surface area contributed by atoms with Crippen molar-refractivity contribution >= 4 is 42.8 Å². The molecular weight excluding hydrogens is 300 g/mol. The second-order valence-electron chi connectivity index (χ2n) is 2.67. The van der Waals surface area contributed by atoms with Crippen LogP contribution in [0.4, 0.5) is 0 Å². The Morgan fingerprint density at radius 2 is 2.20 bits per heavy atom. The molecule has 0 N–H and O–H groups in total. The first kappa shape index (κ1) is 12.5. The van der Waals surface area contributed by atoms with Gasteiger partial charge in [-0.1, -0.05) is 0 Å². The molecule has 0 radical (unpaired) electrons. The van der Waals surface area contributed by atoms with Crippen LogP contribution in [0.3, 0.4) is 0 Å². The molecular formula is C10H7Cl2NOSe. The summed E-state index contributed by atoms with van der Waals surface area (Å²) in [5.41, 5.74) is 0.499. The Balaban J connectivity index is 2.70. The van der Waals surface area contributed by atoms with E-state index >= 15 is 0 Å². The fraction of sp³-hybridized carbons (Fsp3) is 0.200. The van der Waals surface area contributed by atoms with Crippen LogP contribution in [0, 0.1) is 11.3 Å². The van der Waals surface area contributed by atoms with Gasteiger partial charge in [0.25, 0.3) is 0 Å². The molecule has 0 bridgehead atoms. The molecule has 0 spiro atoms. The average Bonchev–Trinajstić information content (AvgIpc) is 2.17. The molecule has 0 saturated heterocycles. The van der Waals surface area contributed by atoms with Crippen molar-refractivity contribution in [2.24, 2.45) is 0 Å². The van der Waals surface area contributed by atoms with E-state index in [1.807, 2.05) is 6.07 Å². The van der Waals surface area contributed by atoms with E-state index < -0.39 is 0 Å². The van der Waals surface area contributed by atoms with E-state index in [9.17, 15) is 4.79 Å². The van der Waals surface area contributed by atoms with Gasteiger partial charge in [-0.15, -0.1) is 0 Å². The van der Waals surface area contributed by atoms with Gasteiger partial charge in [0, 0.05) is 0 Å². The normalized spacial score (nSPS) is 9.67. The van der Waals surface area contributed by atoms with Crippen molar-refractivity contribution in [3.05, 3.63) is 33.8 Å². The first-order chi connectivity index (χ1) is 7.15. The summed E-state index contributed by atoms with van der Waals surface area (Å²) < 4.78 is 0.0133. The Kier molecular flexibility index (Phi) is 5.14. The molecule has 0 saturated carbocycles. The van der Waals surface area contributed by atoms with Gasteiger partial charge in [-0.05, 0) is 0 Å². The fourth-order valence-electron chi connectivity index (χ4n) is 0.922. The Hall–Kier alpha value is -0.521. The molecule has 0 aliphatic heterocycles. The molecule has 0 heterocycles. The van der Waals surface area contributed by atoms with Gasteiger partial charge in [-0.25, -0.2) is 0 Å². The molecule has 2 nitrogen and oxygen atoms in total. The van der Waals surface area contributed by atoms with E-state index in [0.717, 1.165) is 0 Å². The third kappa shape index (κ3) is 3.85. The minimum absolute atomic E-state index is 0.0133. The number of rotatable bonds is 4. The molecule has 1 rings (SSSR count). The van der Waals surface area contributed by atoms with E-state index in [0.29, 0.717) is 27.3 Å². The van der Waals surface area contributed by atoms with Gasteiger partial charge in [-0.2, -0.15) is 0 Å². The number of benzene rings is 1. The summed E-state index contributed by atoms with van der Waals surface area (Å²) in [6.07, 6.45) is 0.414. The van der Waals surface area contributed by atoms with Gasteiger partial charge >= 0.3 is 105 Å². The van der Waals surface area contributed by atoms with Gasteiger partial charge in [0.05, 0.1) is 0 Å². The Morgan fingerprint density at radius 1 is 1.47 bits per heavy atom. The topological polar surface area (TPSA) is 40.9 Å². The van der Waals surface area contributed by atoms with Gasteiger partial charge in [-0.3, -0.25) is 0 Å². The van der Waals surface area contributed by atoms with Crippen LogP contribution in [0.15, 0.2) is 18.2 Å². The molecule has 5 heteroatoms. The first-order valence-corrected chi connectivity index (χ1v) is 6.96. The monoisotopic (exact) mass is 307 g/mol. The molecule has 78 valence electrons. The summed E-state index contributed by atoms with van der Waals surface area (Å²) in [5, 5.41) is 9.87. The molecule has 0 aliphatic rings. The average molecular weight is 307 g/mol. The molecule has 0 atom stereocenters. The number of nitriles is 1. The van der Waals surface area contributed by atoms with E-state index in [1.54, 1.807) is 18.2 Å². The molecule has 0 amide bonds. The molecule has 1 aromatic carbocycles. The molecule has 1 aromatic rings. The Bertz CT molecular complexity index is 414. The standard InChI is InChI=1S/C10H7Cl2NOSe/c11-7-2-3-8(9(12)6-7)10(14)15-5-1-4-13/h2-3,6H,1,5H2. The zero-order valence-electron chi connectivity index (χ0n) is 7.67. The number of hydrogen-bond donors (Lipinski definition) is 0. The fourth-order valence-corrected chi connectivity index (χ4v) is 3.04. The number of carbonyl (C=O) groups is 1. The molecule has 0 fully saturated rings. The van der Waals surface area contributed by atoms with Crippen LogP contribution in [0.2, 0.25) is 15.4 Å². The van der Waals surface area contributed by atoms with E-state index in [-0.39, 0.29) is 19.6 Å². The molecule has 0 aliphatic carbocycles. The van der Waals surface area contributed by atoms with Gasteiger partial charge < -0.3 is 0 Å². The van der Waals surface area contributed by atoms with Crippen LogP contribution in [0.1, 0.15) is 16.8 Å². The van der Waals surface area contributed by atoms with Gasteiger partial charge in [0.15, 0.2) is 0 Å². The summed E-state index contributed by atoms with van der Waals surface area (Å²) in [5.74, 6) is 0. The number of carbonyl (C=O) groups excluding carboxylic acids is 1. The third-order valence-electron chi connectivity index (χ3n) is 1.60. The van der Waals surface area contributed by atoms with Crippen LogP contribution in [-0.4, -0.2) is 19.6 Å². The van der Waals surface area contributed by atoms with Crippen molar-refractivity contribution in [2.75, 3.05) is 0 Å². The van der Waals surface area contributed by atoms with Crippen molar-refractivity contribution < 1.29 is 4.79 Å². The van der Waals surface area contributed by atoms with Gasteiger partial charge in [0.1, 0.15) is 0 Å². The van der Waals surface area contributed by atoms with Crippen molar-refractivity contribution in [3.63, 3.8) is 0 Å². The number of halogens is 2. The zero-order chi connectivity index (χ0) is 11.3. The Morgan fingerprint density at radius 3 is 2.80 bits per heavy atom. The van der Waals surface area contributed by atoms with Crippen molar-refractivity contribution in [3.8, 4) is 6.07 Å². The van der Waals surface area contributed by atoms with Gasteiger partial charge in [0.2, 0.25) is 0 Å². The van der Waals surface area contributed by atoms with Crippen LogP contribution >= 0.6 is 23.2 Å². The first-order valence-electron chi connectivity index (χ1n) is 4.14. The zero-order valence-corrected chi connectivity index (χ0v) is 10.9. The SMILES string of the molecule is N#CCC[Se]C(=O)c1ccc(Cl)cc1Cl. The maximum atomic E-state index is 11.6. The van der Waals surface area contributed by atoms with Crippen LogP contribution in [0.5, 0.6) is 0 Å². The maximum absolute atomic E-state index is 11.6. The summed E-state index contributed by atoms with van der Waals surface area (Å²) in [6, 6.07) is 6.83. The van der Waals surface area contributed by atoms with Crippen molar-refractivity contribution in [2.45, 2.75) is 11.7 Å². The van der Waals surface area contributed by atoms with E-state index in [1.165, 1.54) is 0 Å². The summed E-state index contributed by atoms with van der Waals surface area (Å²) >= 11 is 11.4. The summed E-state index contributed by atoms with van der Waals surface area (Å²) in [6.45, 7) is 0. The number of nitrogens with zero attached hydrogens (tertiary/aromatic N) is 1. The van der Waals surface area contributed by atoms with E-state index in [4.69, 9.17) is 28.5 Å². The second-order valence-corrected chi connectivity index (χ2v) is 5.75. The van der Waals surface area contributed by atoms with Crippen molar-refractivity contribution in [1.29, 1.82) is 5.26 Å². The minimum atomic E-state index is -0.215. The number of hydrogen-bond acceptors (Lipinski definition) is 2. The second kappa shape index (κ2) is 6.15. The van der Waals surface area contributed by atoms with Crippen LogP contribution in [0.25, 0.3) is 0 Å². The van der Waals surface area contributed by atoms with Crippen LogP contribution < -0.4 is 0 Å². The Labute approximate surface area is 104 Å². The predicted octanol–water partition coefficient (Wildman–Crippen LogP) is 3.17.